The van der Waals surface area contributed by atoms with Crippen LogP contribution in [0, 0.1) is 11.8 Å². The number of benzene rings is 1. The summed E-state index contributed by atoms with van der Waals surface area (Å²) in [4.78, 5) is 36.6. The highest BCUT2D eigenvalue weighted by Crippen LogP contribution is 2.23. The molecule has 2 rings (SSSR count). The lowest BCUT2D eigenvalue weighted by Crippen LogP contribution is -2.47. The first-order valence-corrected chi connectivity index (χ1v) is 10.3. The molecule has 1 aromatic carbocycles. The minimum atomic E-state index is -0.889. The first-order chi connectivity index (χ1) is 13.9. The molecule has 2 amide bonds. The number of carbonyl (C=O) groups excluding carboxylic acids is 3. The normalized spacial score (nSPS) is 19.9. The van der Waals surface area contributed by atoms with Crippen LogP contribution < -0.4 is 10.6 Å². The van der Waals surface area contributed by atoms with Gasteiger partial charge in [0.25, 0.3) is 5.91 Å². The van der Waals surface area contributed by atoms with Gasteiger partial charge in [-0.15, -0.1) is 0 Å². The van der Waals surface area contributed by atoms with Crippen molar-refractivity contribution in [3.63, 3.8) is 0 Å². The van der Waals surface area contributed by atoms with Crippen LogP contribution in [0.2, 0.25) is 0 Å². The van der Waals surface area contributed by atoms with Gasteiger partial charge in [-0.25, -0.2) is 9.59 Å². The van der Waals surface area contributed by atoms with Crippen molar-refractivity contribution in [2.24, 2.45) is 11.8 Å². The van der Waals surface area contributed by atoms with E-state index >= 15 is 0 Å². The van der Waals surface area contributed by atoms with Crippen molar-refractivity contribution in [3.8, 4) is 0 Å². The molecule has 1 saturated carbocycles. The van der Waals surface area contributed by atoms with Crippen molar-refractivity contribution in [1.82, 2.24) is 10.6 Å². The number of hydrogen-bond donors (Lipinski definition) is 2. The number of amides is 2. The summed E-state index contributed by atoms with van der Waals surface area (Å²) in [7, 11) is 0. The van der Waals surface area contributed by atoms with Crippen LogP contribution in [0.3, 0.4) is 0 Å². The Bertz CT molecular complexity index is 677. The number of ether oxygens (including phenoxy) is 2. The molecule has 1 aliphatic rings. The van der Waals surface area contributed by atoms with Crippen molar-refractivity contribution in [2.75, 3.05) is 6.61 Å². The third-order valence-corrected chi connectivity index (χ3v) is 5.21. The van der Waals surface area contributed by atoms with E-state index in [1.54, 1.807) is 13.8 Å². The van der Waals surface area contributed by atoms with Crippen LogP contribution in [0.5, 0.6) is 0 Å². The average molecular weight is 405 g/mol. The molecule has 0 heterocycles. The number of nitrogens with one attached hydrogen (secondary N) is 2. The lowest BCUT2D eigenvalue weighted by atomic mass is 9.86. The molecule has 0 radical (unpaired) electrons. The second-order valence-electron chi connectivity index (χ2n) is 7.97. The van der Waals surface area contributed by atoms with Gasteiger partial charge in [-0.1, -0.05) is 63.9 Å². The molecule has 0 bridgehead atoms. The fourth-order valence-electron chi connectivity index (χ4n) is 3.40. The van der Waals surface area contributed by atoms with Crippen LogP contribution in [0.1, 0.15) is 52.0 Å². The van der Waals surface area contributed by atoms with E-state index in [2.05, 4.69) is 17.6 Å². The first kappa shape index (κ1) is 22.7. The lowest BCUT2D eigenvalue weighted by Gasteiger charge is -2.29. The maximum atomic E-state index is 12.4. The number of rotatable bonds is 8. The maximum Gasteiger partial charge on any atom is 0.408 e. The van der Waals surface area contributed by atoms with E-state index in [9.17, 15) is 14.4 Å². The predicted molar refractivity (Wildman–Crippen MR) is 109 cm³/mol. The van der Waals surface area contributed by atoms with E-state index in [1.807, 2.05) is 30.3 Å². The quantitative estimate of drug-likeness (QED) is 0.649. The van der Waals surface area contributed by atoms with Gasteiger partial charge in [0.2, 0.25) is 0 Å². The van der Waals surface area contributed by atoms with Gasteiger partial charge in [0.15, 0.2) is 6.61 Å². The van der Waals surface area contributed by atoms with Crippen molar-refractivity contribution < 1.29 is 23.9 Å². The Balaban J connectivity index is 1.77. The van der Waals surface area contributed by atoms with Gasteiger partial charge >= 0.3 is 12.1 Å². The predicted octanol–water partition coefficient (Wildman–Crippen LogP) is 3.18. The molecule has 1 aliphatic carbocycles. The van der Waals surface area contributed by atoms with E-state index in [0.29, 0.717) is 5.92 Å². The Labute approximate surface area is 172 Å². The zero-order valence-corrected chi connectivity index (χ0v) is 17.5. The Morgan fingerprint density at radius 1 is 1.07 bits per heavy atom. The van der Waals surface area contributed by atoms with Crippen molar-refractivity contribution >= 4 is 18.0 Å². The molecule has 0 unspecified atom stereocenters. The molecule has 1 aromatic rings. The highest BCUT2D eigenvalue weighted by Gasteiger charge is 2.28. The smallest absolute Gasteiger partial charge is 0.408 e. The highest BCUT2D eigenvalue weighted by atomic mass is 16.6. The number of alkyl carbamates (subject to hydrolysis) is 1. The van der Waals surface area contributed by atoms with Gasteiger partial charge in [-0.05, 0) is 30.2 Å². The molecule has 3 atom stereocenters. The number of esters is 1. The standard InChI is InChI=1S/C22H32N2O5/c1-15(2)20(24-22(27)29-13-17-10-5-4-6-11-17)21(26)28-14-19(25)23-18-12-8-7-9-16(18)3/h4-6,10-11,15-16,18,20H,7-9,12-14H2,1-3H3,(H,23,25)(H,24,27)/t16-,18-,20-/m0/s1. The Kier molecular flexibility index (Phi) is 8.96. The second-order valence-corrected chi connectivity index (χ2v) is 7.97. The van der Waals surface area contributed by atoms with Crippen LogP contribution in [-0.2, 0) is 25.7 Å². The third kappa shape index (κ3) is 7.75. The average Bonchev–Trinajstić information content (AvgIpc) is 2.71. The summed E-state index contributed by atoms with van der Waals surface area (Å²) < 4.78 is 10.3. The van der Waals surface area contributed by atoms with E-state index in [4.69, 9.17) is 9.47 Å². The van der Waals surface area contributed by atoms with Crippen molar-refractivity contribution in [3.05, 3.63) is 35.9 Å². The van der Waals surface area contributed by atoms with Gasteiger partial charge in [0.1, 0.15) is 12.6 Å². The van der Waals surface area contributed by atoms with Crippen LogP contribution >= 0.6 is 0 Å². The summed E-state index contributed by atoms with van der Waals surface area (Å²) >= 11 is 0. The fraction of sp³-hybridized carbons (Fsp3) is 0.591. The van der Waals surface area contributed by atoms with Crippen molar-refractivity contribution in [2.45, 2.75) is 65.1 Å². The number of carbonyl (C=O) groups is 3. The summed E-state index contributed by atoms with van der Waals surface area (Å²) in [6.45, 7) is 5.44. The monoisotopic (exact) mass is 404 g/mol. The molecule has 7 nitrogen and oxygen atoms in total. The van der Waals surface area contributed by atoms with Gasteiger partial charge in [0, 0.05) is 6.04 Å². The molecule has 2 N–H and O–H groups in total. The third-order valence-electron chi connectivity index (χ3n) is 5.21. The first-order valence-electron chi connectivity index (χ1n) is 10.3. The zero-order valence-electron chi connectivity index (χ0n) is 17.5. The van der Waals surface area contributed by atoms with Gasteiger partial charge in [-0.3, -0.25) is 4.79 Å². The second kappa shape index (κ2) is 11.4. The van der Waals surface area contributed by atoms with Gasteiger partial charge < -0.3 is 20.1 Å². The van der Waals surface area contributed by atoms with Crippen LogP contribution in [0.4, 0.5) is 4.79 Å². The summed E-state index contributed by atoms with van der Waals surface area (Å²) in [6, 6.07) is 8.50. The van der Waals surface area contributed by atoms with E-state index in [-0.39, 0.29) is 31.1 Å². The Morgan fingerprint density at radius 3 is 2.41 bits per heavy atom. The maximum absolute atomic E-state index is 12.4. The van der Waals surface area contributed by atoms with Crippen LogP contribution in [0.15, 0.2) is 30.3 Å². The van der Waals surface area contributed by atoms with E-state index in [0.717, 1.165) is 24.8 Å². The summed E-state index contributed by atoms with van der Waals surface area (Å²) in [5.41, 5.74) is 0.847. The van der Waals surface area contributed by atoms with E-state index < -0.39 is 18.1 Å². The summed E-state index contributed by atoms with van der Waals surface area (Å²) in [5.74, 6) is -0.754. The molecule has 29 heavy (non-hydrogen) atoms. The minimum absolute atomic E-state index is 0.106. The molecule has 0 saturated heterocycles. The van der Waals surface area contributed by atoms with Crippen LogP contribution in [-0.4, -0.2) is 36.7 Å². The summed E-state index contributed by atoms with van der Waals surface area (Å²) in [6.07, 6.45) is 3.62. The summed E-state index contributed by atoms with van der Waals surface area (Å²) in [5, 5.41) is 5.47. The number of hydrogen-bond acceptors (Lipinski definition) is 5. The SMILES string of the molecule is CC(C)[C@H](NC(=O)OCc1ccccc1)C(=O)OCC(=O)N[C@H]1CCCC[C@@H]1C. The molecule has 160 valence electrons. The molecule has 0 aliphatic heterocycles. The largest absolute Gasteiger partial charge is 0.454 e. The fourth-order valence-corrected chi connectivity index (χ4v) is 3.40. The van der Waals surface area contributed by atoms with Gasteiger partial charge in [-0.2, -0.15) is 0 Å². The van der Waals surface area contributed by atoms with Crippen molar-refractivity contribution in [1.29, 1.82) is 0 Å². The molecule has 7 heteroatoms. The highest BCUT2D eigenvalue weighted by molar-refractivity contribution is 5.85. The Hall–Kier alpha value is -2.57. The van der Waals surface area contributed by atoms with Crippen LogP contribution in [0.25, 0.3) is 0 Å². The van der Waals surface area contributed by atoms with Gasteiger partial charge in [0.05, 0.1) is 0 Å². The molecule has 1 fully saturated rings. The molecule has 0 aromatic heterocycles. The minimum Gasteiger partial charge on any atom is -0.454 e. The molecular formula is C22H32N2O5. The topological polar surface area (TPSA) is 93.7 Å². The lowest BCUT2D eigenvalue weighted by molar-refractivity contribution is -0.151. The zero-order chi connectivity index (χ0) is 21.2. The molecular weight excluding hydrogens is 372 g/mol. The van der Waals surface area contributed by atoms with E-state index in [1.165, 1.54) is 6.42 Å². The molecule has 0 spiro atoms. The Morgan fingerprint density at radius 2 is 1.76 bits per heavy atom.